The van der Waals surface area contributed by atoms with Gasteiger partial charge in [0.25, 0.3) is 0 Å². The van der Waals surface area contributed by atoms with Crippen LogP contribution in [0.5, 0.6) is 5.75 Å². The van der Waals surface area contributed by atoms with Crippen LogP contribution >= 0.6 is 0 Å². The van der Waals surface area contributed by atoms with Crippen molar-refractivity contribution in [3.05, 3.63) is 58.7 Å². The van der Waals surface area contributed by atoms with Gasteiger partial charge in [-0.25, -0.2) is 9.37 Å². The number of hydrogen-bond donors (Lipinski definition) is 2. The van der Waals surface area contributed by atoms with Crippen molar-refractivity contribution >= 4 is 11.0 Å². The van der Waals surface area contributed by atoms with Crippen molar-refractivity contribution in [1.29, 1.82) is 0 Å². The molecule has 2 atom stereocenters. The third-order valence-electron chi connectivity index (χ3n) is 7.02. The predicted molar refractivity (Wildman–Crippen MR) is 130 cm³/mol. The van der Waals surface area contributed by atoms with E-state index >= 15 is 0 Å². The van der Waals surface area contributed by atoms with Crippen LogP contribution in [0.15, 0.2) is 30.3 Å². The molecule has 2 aromatic carbocycles. The fraction of sp³-hybridized carbons (Fsp3) is 0.519. The number of aromatic amines is 1. The Hall–Kier alpha value is -2.44. The van der Waals surface area contributed by atoms with Gasteiger partial charge in [0.15, 0.2) is 0 Å². The summed E-state index contributed by atoms with van der Waals surface area (Å²) < 4.78 is 19.5. The first-order chi connectivity index (χ1) is 15.7. The Balaban J connectivity index is 1.34. The molecule has 2 heterocycles. The summed E-state index contributed by atoms with van der Waals surface area (Å²) in [6.45, 7) is 10.3. The minimum absolute atomic E-state index is 0.0859. The van der Waals surface area contributed by atoms with Crippen molar-refractivity contribution in [2.45, 2.75) is 58.5 Å². The molecule has 33 heavy (non-hydrogen) atoms. The average Bonchev–Trinajstić information content (AvgIpc) is 3.20. The zero-order chi connectivity index (χ0) is 23.8. The number of imidazole rings is 1. The quantitative estimate of drug-likeness (QED) is 0.496. The number of nitrogens with zero attached hydrogens (tertiary/aromatic N) is 2. The van der Waals surface area contributed by atoms with Gasteiger partial charge in [-0.3, -0.25) is 0 Å². The van der Waals surface area contributed by atoms with E-state index in [1.165, 1.54) is 23.3 Å². The van der Waals surface area contributed by atoms with E-state index in [2.05, 4.69) is 56.8 Å². The number of ether oxygens (including phenoxy) is 1. The highest BCUT2D eigenvalue weighted by molar-refractivity contribution is 5.81. The normalized spacial score (nSPS) is 20.5. The number of benzene rings is 2. The molecule has 5 nitrogen and oxygen atoms in total. The fourth-order valence-corrected chi connectivity index (χ4v) is 5.22. The Morgan fingerprint density at radius 3 is 2.70 bits per heavy atom. The van der Waals surface area contributed by atoms with Crippen LogP contribution in [0.3, 0.4) is 0 Å². The lowest BCUT2D eigenvalue weighted by Gasteiger charge is -2.43. The zero-order valence-electron chi connectivity index (χ0n) is 20.4. The van der Waals surface area contributed by atoms with Crippen LogP contribution in [-0.2, 0) is 6.42 Å². The summed E-state index contributed by atoms with van der Waals surface area (Å²) in [6.07, 6.45) is 2.48. The van der Waals surface area contributed by atoms with E-state index in [9.17, 15) is 9.50 Å². The molecule has 0 amide bonds. The molecule has 0 bridgehead atoms. The first-order valence-corrected chi connectivity index (χ1v) is 12.0. The second-order valence-electron chi connectivity index (χ2n) is 10.1. The Kier molecular flexibility index (Phi) is 6.78. The zero-order valence-corrected chi connectivity index (χ0v) is 20.4. The largest absolute Gasteiger partial charge is 0.490 e. The van der Waals surface area contributed by atoms with E-state index in [4.69, 9.17) is 9.72 Å². The third kappa shape index (κ3) is 4.92. The average molecular weight is 454 g/mol. The number of aliphatic hydroxyl groups is 1. The van der Waals surface area contributed by atoms with Crippen LogP contribution in [0.25, 0.3) is 11.0 Å². The molecule has 0 radical (unpaired) electrons. The molecule has 0 unspecified atom stereocenters. The Morgan fingerprint density at radius 2 is 1.97 bits per heavy atom. The number of rotatable bonds is 8. The van der Waals surface area contributed by atoms with Gasteiger partial charge in [-0.1, -0.05) is 32.0 Å². The monoisotopic (exact) mass is 453 g/mol. The molecule has 1 aliphatic rings. The number of aromatic nitrogens is 2. The molecule has 6 heteroatoms. The molecular weight excluding hydrogens is 417 g/mol. The number of aryl methyl sites for hydroxylation is 3. The van der Waals surface area contributed by atoms with Crippen molar-refractivity contribution in [1.82, 2.24) is 14.9 Å². The fourth-order valence-electron chi connectivity index (χ4n) is 5.22. The number of nitrogens with one attached hydrogen (secondary N) is 1. The molecule has 178 valence electrons. The van der Waals surface area contributed by atoms with Gasteiger partial charge in [-0.2, -0.15) is 0 Å². The van der Waals surface area contributed by atoms with E-state index < -0.39 is 5.60 Å². The van der Waals surface area contributed by atoms with Crippen molar-refractivity contribution < 1.29 is 14.2 Å². The lowest BCUT2D eigenvalue weighted by atomic mass is 9.72. The van der Waals surface area contributed by atoms with Crippen molar-refractivity contribution in [3.8, 4) is 5.75 Å². The van der Waals surface area contributed by atoms with Crippen molar-refractivity contribution in [2.75, 3.05) is 26.7 Å². The van der Waals surface area contributed by atoms with Crippen LogP contribution in [0, 0.1) is 25.6 Å². The molecule has 1 aromatic heterocycles. The SMILES string of the molecule is Cc1ccc(C)c2[nH]c(CCCN(C)CC[C@@]3(O)COc4cc(F)ccc4[C@@H]3C(C)C)nc12. The van der Waals surface area contributed by atoms with Gasteiger partial charge >= 0.3 is 0 Å². The lowest BCUT2D eigenvalue weighted by Crippen LogP contribution is -2.49. The van der Waals surface area contributed by atoms with Gasteiger partial charge in [-0.05, 0) is 63.4 Å². The molecule has 0 spiro atoms. The van der Waals surface area contributed by atoms with E-state index in [0.717, 1.165) is 48.4 Å². The number of fused-ring (bicyclic) bond motifs is 2. The van der Waals surface area contributed by atoms with Crippen LogP contribution in [0.1, 0.15) is 55.1 Å². The summed E-state index contributed by atoms with van der Waals surface area (Å²) in [5.74, 6) is 1.41. The predicted octanol–water partition coefficient (Wildman–Crippen LogP) is 5.14. The maximum absolute atomic E-state index is 13.7. The van der Waals surface area contributed by atoms with E-state index in [0.29, 0.717) is 12.2 Å². The van der Waals surface area contributed by atoms with Crippen LogP contribution in [-0.4, -0.2) is 52.3 Å². The van der Waals surface area contributed by atoms with E-state index in [1.807, 2.05) is 0 Å². The van der Waals surface area contributed by atoms with Crippen molar-refractivity contribution in [2.24, 2.45) is 5.92 Å². The van der Waals surface area contributed by atoms with Gasteiger partial charge in [0.2, 0.25) is 0 Å². The Morgan fingerprint density at radius 1 is 1.21 bits per heavy atom. The molecule has 3 aromatic rings. The molecule has 0 saturated carbocycles. The van der Waals surface area contributed by atoms with Gasteiger partial charge < -0.3 is 19.7 Å². The van der Waals surface area contributed by atoms with Gasteiger partial charge in [-0.15, -0.1) is 0 Å². The van der Waals surface area contributed by atoms with Crippen LogP contribution in [0.4, 0.5) is 4.39 Å². The number of halogens is 1. The maximum atomic E-state index is 13.7. The van der Waals surface area contributed by atoms with Gasteiger partial charge in [0.05, 0.1) is 11.0 Å². The maximum Gasteiger partial charge on any atom is 0.126 e. The van der Waals surface area contributed by atoms with Crippen LogP contribution < -0.4 is 4.74 Å². The topological polar surface area (TPSA) is 61.4 Å². The minimum atomic E-state index is -0.971. The summed E-state index contributed by atoms with van der Waals surface area (Å²) in [4.78, 5) is 10.5. The second-order valence-corrected chi connectivity index (χ2v) is 10.1. The third-order valence-corrected chi connectivity index (χ3v) is 7.02. The first-order valence-electron chi connectivity index (χ1n) is 12.0. The molecule has 1 aliphatic heterocycles. The van der Waals surface area contributed by atoms with Crippen molar-refractivity contribution in [3.63, 3.8) is 0 Å². The van der Waals surface area contributed by atoms with E-state index in [1.54, 1.807) is 6.07 Å². The summed E-state index contributed by atoms with van der Waals surface area (Å²) in [5.41, 5.74) is 4.55. The summed E-state index contributed by atoms with van der Waals surface area (Å²) in [6, 6.07) is 8.90. The second kappa shape index (κ2) is 9.43. The highest BCUT2D eigenvalue weighted by Crippen LogP contribution is 2.45. The highest BCUT2D eigenvalue weighted by Gasteiger charge is 2.44. The van der Waals surface area contributed by atoms with Gasteiger partial charge in [0, 0.05) is 30.5 Å². The molecule has 4 rings (SSSR count). The molecule has 2 N–H and O–H groups in total. The van der Waals surface area contributed by atoms with Crippen LogP contribution in [0.2, 0.25) is 0 Å². The minimum Gasteiger partial charge on any atom is -0.490 e. The molecular formula is C27H36FN3O2. The molecule has 0 saturated heterocycles. The smallest absolute Gasteiger partial charge is 0.126 e. The first kappa shape index (κ1) is 23.7. The standard InChI is InChI=1S/C27H36FN3O2/c1-17(2)24-21-11-10-20(28)15-22(21)33-16-27(24,32)12-14-31(5)13-6-7-23-29-25-18(3)8-9-19(4)26(25)30-23/h8-11,15,17,24,32H,6-7,12-14,16H2,1-5H3,(H,29,30)/t24-,27+/m0/s1. The Labute approximate surface area is 196 Å². The summed E-state index contributed by atoms with van der Waals surface area (Å²) >= 11 is 0. The van der Waals surface area contributed by atoms with Gasteiger partial charge in [0.1, 0.15) is 29.6 Å². The highest BCUT2D eigenvalue weighted by atomic mass is 19.1. The molecule has 0 aliphatic carbocycles. The summed E-state index contributed by atoms with van der Waals surface area (Å²) in [5, 5.41) is 11.5. The summed E-state index contributed by atoms with van der Waals surface area (Å²) in [7, 11) is 2.09. The Bertz CT molecular complexity index is 1090. The molecule has 0 fully saturated rings. The number of H-pyrrole nitrogens is 1. The van der Waals surface area contributed by atoms with E-state index in [-0.39, 0.29) is 24.3 Å². The lowest BCUT2D eigenvalue weighted by molar-refractivity contribution is -0.0640. The number of hydrogen-bond acceptors (Lipinski definition) is 4.